The van der Waals surface area contributed by atoms with Crippen LogP contribution in [0.2, 0.25) is 0 Å². The summed E-state index contributed by atoms with van der Waals surface area (Å²) in [6.45, 7) is 8.24. The molecule has 12 heteroatoms. The number of aryl methyl sites for hydroxylation is 2. The lowest BCUT2D eigenvalue weighted by Gasteiger charge is -2.18. The van der Waals surface area contributed by atoms with E-state index in [9.17, 15) is 14.1 Å². The van der Waals surface area contributed by atoms with Crippen molar-refractivity contribution < 1.29 is 28.0 Å². The molecule has 4 N–H and O–H groups in total. The van der Waals surface area contributed by atoms with E-state index in [0.29, 0.717) is 16.5 Å². The zero-order valence-electron chi connectivity index (χ0n) is 20.5. The molecular weight excluding hydrogens is 492 g/mol. The molecule has 2 aromatic heterocycles. The number of nitrogens with one attached hydrogen (secondary N) is 1. The summed E-state index contributed by atoms with van der Waals surface area (Å²) >= 11 is 1.15. The molecule has 3 rings (SSSR count). The standard InChI is InChI=1S/C23H32N4O6S2/c1-6-27(15-8-9-15)35(30)23-19(28)17(12-34-23)26-18(20(31-5)22(29)32-7-2)21(24)25-11-16-10-13(3)14(4)33-16/h10,12,15,26,28H,6-9,11H2,1-5H3,(H2,24,25)/b20-18+. The third-order valence-electron chi connectivity index (χ3n) is 5.40. The molecule has 0 bridgehead atoms. The summed E-state index contributed by atoms with van der Waals surface area (Å²) in [4.78, 5) is 16.9. The number of nitrogens with zero attached hydrogens (tertiary/aromatic N) is 2. The summed E-state index contributed by atoms with van der Waals surface area (Å²) in [5.74, 6) is 0.194. The van der Waals surface area contributed by atoms with Crippen LogP contribution in [-0.2, 0) is 31.8 Å². The number of ether oxygens (including phenoxy) is 2. The predicted octanol–water partition coefficient (Wildman–Crippen LogP) is 3.56. The van der Waals surface area contributed by atoms with Gasteiger partial charge in [-0.25, -0.2) is 13.3 Å². The highest BCUT2D eigenvalue weighted by Crippen LogP contribution is 2.40. The van der Waals surface area contributed by atoms with Gasteiger partial charge in [-0.1, -0.05) is 6.92 Å². The van der Waals surface area contributed by atoms with Gasteiger partial charge in [0.05, 0.1) is 25.9 Å². The number of carbonyl (C=O) groups excluding carboxylic acids is 1. The molecule has 0 aromatic carbocycles. The Morgan fingerprint density at radius 3 is 2.66 bits per heavy atom. The summed E-state index contributed by atoms with van der Waals surface area (Å²) in [5, 5.41) is 15.4. The first-order valence-corrected chi connectivity index (χ1v) is 13.3. The van der Waals surface area contributed by atoms with Gasteiger partial charge in [0, 0.05) is 18.0 Å². The number of amidine groups is 1. The number of furan rings is 1. The van der Waals surface area contributed by atoms with Gasteiger partial charge >= 0.3 is 5.97 Å². The van der Waals surface area contributed by atoms with Gasteiger partial charge in [0.2, 0.25) is 5.76 Å². The van der Waals surface area contributed by atoms with Gasteiger partial charge in [-0.3, -0.25) is 4.99 Å². The number of carbonyl (C=O) groups is 1. The van der Waals surface area contributed by atoms with Crippen molar-refractivity contribution in [3.63, 3.8) is 0 Å². The molecule has 0 spiro atoms. The summed E-state index contributed by atoms with van der Waals surface area (Å²) in [6.07, 6.45) is 1.98. The number of methoxy groups -OCH3 is 1. The first kappa shape index (κ1) is 26.8. The predicted molar refractivity (Wildman–Crippen MR) is 136 cm³/mol. The zero-order chi connectivity index (χ0) is 25.7. The average Bonchev–Trinajstić information content (AvgIpc) is 3.52. The number of hydrogen-bond acceptors (Lipinski definition) is 9. The monoisotopic (exact) mass is 524 g/mol. The molecule has 1 aliphatic carbocycles. The lowest BCUT2D eigenvalue weighted by atomic mass is 10.3. The second kappa shape index (κ2) is 11.7. The molecule has 1 atom stereocenters. The number of aromatic hydroxyl groups is 1. The van der Waals surface area contributed by atoms with Crippen LogP contribution in [0.3, 0.4) is 0 Å². The van der Waals surface area contributed by atoms with Gasteiger partial charge in [0.1, 0.15) is 34.0 Å². The second-order valence-electron chi connectivity index (χ2n) is 7.91. The zero-order valence-corrected chi connectivity index (χ0v) is 22.2. The molecule has 35 heavy (non-hydrogen) atoms. The fraction of sp³-hybridized carbons (Fsp3) is 0.478. The maximum atomic E-state index is 13.1. The lowest BCUT2D eigenvalue weighted by Crippen LogP contribution is -2.27. The maximum absolute atomic E-state index is 13.1. The van der Waals surface area contributed by atoms with Gasteiger partial charge < -0.3 is 30.0 Å². The molecule has 2 heterocycles. The topological polar surface area (TPSA) is 140 Å². The molecular formula is C23H32N4O6S2. The van der Waals surface area contributed by atoms with Crippen LogP contribution >= 0.6 is 11.3 Å². The van der Waals surface area contributed by atoms with E-state index in [1.165, 1.54) is 7.11 Å². The van der Waals surface area contributed by atoms with Gasteiger partial charge in [0.25, 0.3) is 0 Å². The minimum Gasteiger partial charge on any atom is -0.504 e. The Kier molecular flexibility index (Phi) is 8.98. The van der Waals surface area contributed by atoms with Crippen LogP contribution in [0.4, 0.5) is 5.69 Å². The van der Waals surface area contributed by atoms with Crippen molar-refractivity contribution in [2.75, 3.05) is 25.6 Å². The van der Waals surface area contributed by atoms with E-state index < -0.39 is 17.0 Å². The molecule has 1 unspecified atom stereocenters. The minimum absolute atomic E-state index is 0.0194. The van der Waals surface area contributed by atoms with Crippen molar-refractivity contribution in [3.05, 3.63) is 40.0 Å². The van der Waals surface area contributed by atoms with Crippen molar-refractivity contribution in [2.45, 2.75) is 57.3 Å². The van der Waals surface area contributed by atoms with E-state index in [-0.39, 0.29) is 47.9 Å². The highest BCUT2D eigenvalue weighted by molar-refractivity contribution is 7.85. The van der Waals surface area contributed by atoms with Gasteiger partial charge in [0.15, 0.2) is 9.96 Å². The first-order chi connectivity index (χ1) is 16.7. The van der Waals surface area contributed by atoms with Gasteiger partial charge in [-0.15, -0.1) is 11.3 Å². The van der Waals surface area contributed by atoms with Crippen molar-refractivity contribution >= 4 is 39.8 Å². The van der Waals surface area contributed by atoms with E-state index in [2.05, 4.69) is 10.3 Å². The SMILES string of the molecule is CCOC(=O)/C(OC)=C(\Nc1csc(S(=O)N(CC)C2CC2)c1O)C(N)=NCc1cc(C)c(C)o1. The number of aliphatic imine (C=N–C) groups is 1. The summed E-state index contributed by atoms with van der Waals surface area (Å²) in [7, 11) is -0.200. The Morgan fingerprint density at radius 2 is 2.11 bits per heavy atom. The Balaban J connectivity index is 1.94. The molecule has 1 fully saturated rings. The van der Waals surface area contributed by atoms with Crippen LogP contribution in [0, 0.1) is 13.8 Å². The number of esters is 1. The van der Waals surface area contributed by atoms with Crippen molar-refractivity contribution in [1.29, 1.82) is 0 Å². The Bertz CT molecular complexity index is 1130. The first-order valence-electron chi connectivity index (χ1n) is 11.3. The third-order valence-corrected chi connectivity index (χ3v) is 8.37. The van der Waals surface area contributed by atoms with Crippen molar-refractivity contribution in [2.24, 2.45) is 10.7 Å². The molecule has 0 aliphatic heterocycles. The van der Waals surface area contributed by atoms with Crippen LogP contribution in [0.1, 0.15) is 43.8 Å². The molecule has 0 radical (unpaired) electrons. The van der Waals surface area contributed by atoms with Crippen LogP contribution < -0.4 is 11.1 Å². The molecule has 1 aliphatic rings. The largest absolute Gasteiger partial charge is 0.504 e. The Hall–Kier alpha value is -2.83. The molecule has 0 saturated heterocycles. The fourth-order valence-corrected chi connectivity index (χ4v) is 5.93. The smallest absolute Gasteiger partial charge is 0.375 e. The van der Waals surface area contributed by atoms with Crippen LogP contribution in [0.15, 0.2) is 36.5 Å². The quantitative estimate of drug-likeness (QED) is 0.126. The molecule has 2 aromatic rings. The fourth-order valence-electron chi connectivity index (χ4n) is 3.35. The van der Waals surface area contributed by atoms with Crippen molar-refractivity contribution in [3.8, 4) is 5.75 Å². The van der Waals surface area contributed by atoms with Crippen molar-refractivity contribution in [1.82, 2.24) is 4.31 Å². The van der Waals surface area contributed by atoms with Gasteiger partial charge in [-0.2, -0.15) is 0 Å². The second-order valence-corrected chi connectivity index (χ2v) is 10.4. The van der Waals surface area contributed by atoms with Crippen LogP contribution in [-0.4, -0.2) is 51.7 Å². The minimum atomic E-state index is -1.51. The van der Waals surface area contributed by atoms with E-state index in [1.807, 2.05) is 31.1 Å². The summed E-state index contributed by atoms with van der Waals surface area (Å²) < 4.78 is 31.3. The normalized spacial score (nSPS) is 15.7. The van der Waals surface area contributed by atoms with E-state index in [0.717, 1.165) is 35.5 Å². The Labute approximate surface area is 211 Å². The highest BCUT2D eigenvalue weighted by Gasteiger charge is 2.34. The summed E-state index contributed by atoms with van der Waals surface area (Å²) in [6, 6.07) is 2.12. The van der Waals surface area contributed by atoms with Crippen LogP contribution in [0.25, 0.3) is 0 Å². The van der Waals surface area contributed by atoms with E-state index in [4.69, 9.17) is 19.6 Å². The third kappa shape index (κ3) is 6.24. The maximum Gasteiger partial charge on any atom is 0.375 e. The molecule has 10 nitrogen and oxygen atoms in total. The van der Waals surface area contributed by atoms with Gasteiger partial charge in [-0.05, 0) is 45.2 Å². The Morgan fingerprint density at radius 1 is 1.40 bits per heavy atom. The number of thiophene rings is 1. The summed E-state index contributed by atoms with van der Waals surface area (Å²) in [5.41, 5.74) is 7.49. The molecule has 0 amide bonds. The van der Waals surface area contributed by atoms with E-state index in [1.54, 1.807) is 12.3 Å². The number of nitrogens with two attached hydrogens (primary N) is 1. The molecule has 1 saturated carbocycles. The number of anilines is 1. The van der Waals surface area contributed by atoms with E-state index >= 15 is 0 Å². The number of hydrogen-bond donors (Lipinski definition) is 3. The lowest BCUT2D eigenvalue weighted by molar-refractivity contribution is -0.142. The number of rotatable bonds is 12. The molecule has 192 valence electrons. The van der Waals surface area contributed by atoms with Crippen LogP contribution in [0.5, 0.6) is 5.75 Å². The average molecular weight is 525 g/mol. The highest BCUT2D eigenvalue weighted by atomic mass is 32.2.